The fourth-order valence-electron chi connectivity index (χ4n) is 2.60. The van der Waals surface area contributed by atoms with E-state index in [2.05, 4.69) is 4.98 Å². The molecule has 0 unspecified atom stereocenters. The van der Waals surface area contributed by atoms with Gasteiger partial charge in [-0.25, -0.2) is 4.98 Å². The molecular weight excluding hydrogens is 322 g/mol. The van der Waals surface area contributed by atoms with Crippen molar-refractivity contribution in [3.05, 3.63) is 54.2 Å². The standard InChI is InChI=1S/C18H19N3O2S/c1-14(22)20-10-12-21(13-11-20)18(23)15-5-7-16(8-6-15)24-17-4-2-3-9-19-17/h2-9H,10-13H2,1H3. The minimum Gasteiger partial charge on any atom is -0.339 e. The van der Waals surface area contributed by atoms with E-state index in [1.807, 2.05) is 42.5 Å². The normalized spacial score (nSPS) is 14.5. The van der Waals surface area contributed by atoms with Gasteiger partial charge >= 0.3 is 0 Å². The van der Waals surface area contributed by atoms with Crippen molar-refractivity contribution in [3.63, 3.8) is 0 Å². The number of carbonyl (C=O) groups is 2. The van der Waals surface area contributed by atoms with Crippen LogP contribution in [-0.4, -0.2) is 52.8 Å². The van der Waals surface area contributed by atoms with Crippen molar-refractivity contribution in [1.82, 2.24) is 14.8 Å². The summed E-state index contributed by atoms with van der Waals surface area (Å²) in [5.41, 5.74) is 0.677. The van der Waals surface area contributed by atoms with Crippen molar-refractivity contribution in [2.45, 2.75) is 16.8 Å². The Kier molecular flexibility index (Phi) is 5.15. The first-order chi connectivity index (χ1) is 11.6. The van der Waals surface area contributed by atoms with Gasteiger partial charge < -0.3 is 9.80 Å². The quantitative estimate of drug-likeness (QED) is 0.861. The van der Waals surface area contributed by atoms with Crippen molar-refractivity contribution in [3.8, 4) is 0 Å². The van der Waals surface area contributed by atoms with Crippen molar-refractivity contribution < 1.29 is 9.59 Å². The van der Waals surface area contributed by atoms with E-state index in [9.17, 15) is 9.59 Å². The second-order valence-electron chi connectivity index (χ2n) is 5.59. The maximum absolute atomic E-state index is 12.5. The molecule has 124 valence electrons. The third-order valence-electron chi connectivity index (χ3n) is 3.97. The van der Waals surface area contributed by atoms with E-state index in [1.165, 1.54) is 0 Å². The molecule has 0 aliphatic carbocycles. The molecule has 0 N–H and O–H groups in total. The first kappa shape index (κ1) is 16.5. The molecule has 3 rings (SSSR count). The lowest BCUT2D eigenvalue weighted by molar-refractivity contribution is -0.130. The maximum atomic E-state index is 12.5. The largest absolute Gasteiger partial charge is 0.339 e. The summed E-state index contributed by atoms with van der Waals surface area (Å²) in [6.45, 7) is 3.95. The summed E-state index contributed by atoms with van der Waals surface area (Å²) in [6.07, 6.45) is 1.76. The third-order valence-corrected chi connectivity index (χ3v) is 4.93. The lowest BCUT2D eigenvalue weighted by atomic mass is 10.2. The Morgan fingerprint density at radius 3 is 2.21 bits per heavy atom. The van der Waals surface area contributed by atoms with Crippen LogP contribution in [0.2, 0.25) is 0 Å². The van der Waals surface area contributed by atoms with E-state index < -0.39 is 0 Å². The van der Waals surface area contributed by atoms with Crippen LogP contribution >= 0.6 is 11.8 Å². The molecule has 0 spiro atoms. The van der Waals surface area contributed by atoms with E-state index in [4.69, 9.17) is 0 Å². The lowest BCUT2D eigenvalue weighted by Gasteiger charge is -2.34. The zero-order valence-electron chi connectivity index (χ0n) is 13.5. The van der Waals surface area contributed by atoms with Crippen LogP contribution in [0.15, 0.2) is 58.6 Å². The number of pyridine rings is 1. The zero-order chi connectivity index (χ0) is 16.9. The van der Waals surface area contributed by atoms with Crippen LogP contribution in [0.25, 0.3) is 0 Å². The topological polar surface area (TPSA) is 53.5 Å². The van der Waals surface area contributed by atoms with Crippen LogP contribution in [0.4, 0.5) is 0 Å². The smallest absolute Gasteiger partial charge is 0.253 e. The van der Waals surface area contributed by atoms with Crippen LogP contribution in [0.5, 0.6) is 0 Å². The lowest BCUT2D eigenvalue weighted by Crippen LogP contribution is -2.50. The van der Waals surface area contributed by atoms with E-state index in [-0.39, 0.29) is 11.8 Å². The minimum absolute atomic E-state index is 0.0209. The van der Waals surface area contributed by atoms with Crippen molar-refractivity contribution >= 4 is 23.6 Å². The van der Waals surface area contributed by atoms with E-state index in [0.29, 0.717) is 31.7 Å². The Hall–Kier alpha value is -2.34. The molecule has 0 atom stereocenters. The summed E-state index contributed by atoms with van der Waals surface area (Å²) < 4.78 is 0. The summed E-state index contributed by atoms with van der Waals surface area (Å²) >= 11 is 1.57. The fraction of sp³-hybridized carbons (Fsp3) is 0.278. The second-order valence-corrected chi connectivity index (χ2v) is 6.69. The molecule has 1 aliphatic rings. The first-order valence-electron chi connectivity index (χ1n) is 7.87. The van der Waals surface area contributed by atoms with Gasteiger partial charge in [-0.3, -0.25) is 9.59 Å². The van der Waals surface area contributed by atoms with Crippen LogP contribution in [0, 0.1) is 0 Å². The molecule has 2 heterocycles. The van der Waals surface area contributed by atoms with Crippen LogP contribution in [0.3, 0.4) is 0 Å². The summed E-state index contributed by atoms with van der Waals surface area (Å²) in [6, 6.07) is 13.4. The Morgan fingerprint density at radius 1 is 0.958 bits per heavy atom. The predicted molar refractivity (Wildman–Crippen MR) is 93.0 cm³/mol. The number of benzene rings is 1. The summed E-state index contributed by atoms with van der Waals surface area (Å²) in [5.74, 6) is 0.0885. The fourth-order valence-corrected chi connectivity index (χ4v) is 3.37. The molecule has 1 saturated heterocycles. The van der Waals surface area contributed by atoms with E-state index >= 15 is 0 Å². The minimum atomic E-state index is 0.0209. The zero-order valence-corrected chi connectivity index (χ0v) is 14.3. The average Bonchev–Trinajstić information content (AvgIpc) is 2.63. The van der Waals surface area contributed by atoms with Gasteiger partial charge in [-0.2, -0.15) is 0 Å². The number of amides is 2. The highest BCUT2D eigenvalue weighted by Gasteiger charge is 2.23. The SMILES string of the molecule is CC(=O)N1CCN(C(=O)c2ccc(Sc3ccccn3)cc2)CC1. The highest BCUT2D eigenvalue weighted by Crippen LogP contribution is 2.26. The van der Waals surface area contributed by atoms with Gasteiger partial charge in [0.1, 0.15) is 5.03 Å². The van der Waals surface area contributed by atoms with Gasteiger partial charge in [0.2, 0.25) is 5.91 Å². The Bertz CT molecular complexity index is 711. The predicted octanol–water partition coefficient (Wildman–Crippen LogP) is 2.54. The van der Waals surface area contributed by atoms with Crippen molar-refractivity contribution in [1.29, 1.82) is 0 Å². The van der Waals surface area contributed by atoms with Gasteiger partial charge in [-0.1, -0.05) is 17.8 Å². The van der Waals surface area contributed by atoms with E-state index in [0.717, 1.165) is 9.92 Å². The molecule has 2 aromatic rings. The van der Waals surface area contributed by atoms with Gasteiger partial charge in [-0.05, 0) is 36.4 Å². The monoisotopic (exact) mass is 341 g/mol. The van der Waals surface area contributed by atoms with Crippen molar-refractivity contribution in [2.75, 3.05) is 26.2 Å². The van der Waals surface area contributed by atoms with Crippen LogP contribution < -0.4 is 0 Å². The number of carbonyl (C=O) groups excluding carboxylic acids is 2. The van der Waals surface area contributed by atoms with Gasteiger partial charge in [-0.15, -0.1) is 0 Å². The average molecular weight is 341 g/mol. The molecule has 0 bridgehead atoms. The van der Waals surface area contributed by atoms with Gasteiger partial charge in [0.15, 0.2) is 0 Å². The Morgan fingerprint density at radius 2 is 1.62 bits per heavy atom. The number of hydrogen-bond donors (Lipinski definition) is 0. The summed E-state index contributed by atoms with van der Waals surface area (Å²) in [7, 11) is 0. The third kappa shape index (κ3) is 3.94. The molecule has 0 radical (unpaired) electrons. The van der Waals surface area contributed by atoms with Gasteiger partial charge in [0, 0.05) is 49.8 Å². The van der Waals surface area contributed by atoms with Crippen LogP contribution in [0.1, 0.15) is 17.3 Å². The molecular formula is C18H19N3O2S. The van der Waals surface area contributed by atoms with Crippen molar-refractivity contribution in [2.24, 2.45) is 0 Å². The molecule has 1 aromatic carbocycles. The second kappa shape index (κ2) is 7.49. The number of rotatable bonds is 3. The first-order valence-corrected chi connectivity index (χ1v) is 8.69. The highest BCUT2D eigenvalue weighted by atomic mass is 32.2. The maximum Gasteiger partial charge on any atom is 0.253 e. The number of nitrogens with zero attached hydrogens (tertiary/aromatic N) is 3. The molecule has 2 amide bonds. The molecule has 1 aliphatic heterocycles. The van der Waals surface area contributed by atoms with Crippen LogP contribution in [-0.2, 0) is 4.79 Å². The molecule has 1 aromatic heterocycles. The van der Waals surface area contributed by atoms with Gasteiger partial charge in [0.05, 0.1) is 0 Å². The molecule has 1 fully saturated rings. The van der Waals surface area contributed by atoms with E-state index in [1.54, 1.807) is 34.7 Å². The number of aromatic nitrogens is 1. The number of hydrogen-bond acceptors (Lipinski definition) is 4. The summed E-state index contributed by atoms with van der Waals surface area (Å²) in [4.78, 5) is 32.8. The highest BCUT2D eigenvalue weighted by molar-refractivity contribution is 7.99. The molecule has 5 nitrogen and oxygen atoms in total. The molecule has 6 heteroatoms. The van der Waals surface area contributed by atoms with Gasteiger partial charge in [0.25, 0.3) is 5.91 Å². The molecule has 0 saturated carbocycles. The summed E-state index contributed by atoms with van der Waals surface area (Å²) in [5, 5.41) is 0.928. The molecule has 24 heavy (non-hydrogen) atoms. The number of piperazine rings is 1. The Balaban J connectivity index is 1.61. The Labute approximate surface area is 145 Å².